The van der Waals surface area contributed by atoms with Gasteiger partial charge in [-0.25, -0.2) is 15.0 Å². The molecule has 190 valence electrons. The van der Waals surface area contributed by atoms with Crippen LogP contribution in [-0.4, -0.2) is 66.7 Å². The van der Waals surface area contributed by atoms with E-state index in [4.69, 9.17) is 23.4 Å². The molecule has 0 amide bonds. The second-order valence-corrected chi connectivity index (χ2v) is 19.5. The molecule has 2 aromatic heterocycles. The number of imidazole rings is 1. The zero-order valence-corrected chi connectivity index (χ0v) is 23.4. The maximum absolute atomic E-state index is 11.5. The minimum absolute atomic E-state index is 0.159. The smallest absolute Gasteiger partial charge is 0.335 e. The minimum atomic E-state index is -2.86. The van der Waals surface area contributed by atoms with Crippen LogP contribution >= 0.6 is 0 Å². The van der Waals surface area contributed by atoms with Gasteiger partial charge >= 0.3 is 17.1 Å². The molecule has 2 saturated heterocycles. The van der Waals surface area contributed by atoms with E-state index in [9.17, 15) is 5.11 Å². The van der Waals surface area contributed by atoms with Crippen molar-refractivity contribution >= 4 is 34.1 Å². The van der Waals surface area contributed by atoms with Gasteiger partial charge in [0, 0.05) is 0 Å². The largest absolute Gasteiger partial charge is 0.414 e. The van der Waals surface area contributed by atoms with Gasteiger partial charge in [-0.1, -0.05) is 55.4 Å². The third-order valence-corrected chi connectivity index (χ3v) is 17.6. The molecule has 2 aromatic rings. The maximum Gasteiger partial charge on any atom is 0.335 e. The standard InChI is InChI=1S/C22H39N5O5Si2/c1-12(2)33(13(3)4)29-9-16-19(31-34(32-33,14(5)6)15(7)8)18(28)22(30-16)27-11-26-17-20(23)24-10-25-21(17)27/h10-16,18-19,22,28H,9H2,1-8H3,(H2,23,24,25)/t16-,18+,19+,22-/m1/s1. The molecule has 2 aliphatic rings. The topological polar surface area (TPSA) is 127 Å². The van der Waals surface area contributed by atoms with Gasteiger partial charge in [0.25, 0.3) is 0 Å². The van der Waals surface area contributed by atoms with Gasteiger partial charge in [0.2, 0.25) is 0 Å². The molecule has 34 heavy (non-hydrogen) atoms. The minimum Gasteiger partial charge on any atom is -0.414 e. The predicted octanol–water partition coefficient (Wildman–Crippen LogP) is 3.62. The number of nitrogens with two attached hydrogens (primary N) is 1. The number of anilines is 1. The summed E-state index contributed by atoms with van der Waals surface area (Å²) in [5.74, 6) is 0.283. The normalized spacial score (nSPS) is 29.2. The van der Waals surface area contributed by atoms with E-state index < -0.39 is 41.7 Å². The first-order valence-electron chi connectivity index (χ1n) is 12.2. The summed E-state index contributed by atoms with van der Waals surface area (Å²) in [7, 11) is -5.54. The van der Waals surface area contributed by atoms with Crippen molar-refractivity contribution in [1.29, 1.82) is 0 Å². The molecular weight excluding hydrogens is 470 g/mol. The zero-order valence-electron chi connectivity index (χ0n) is 21.4. The summed E-state index contributed by atoms with van der Waals surface area (Å²) in [6.07, 6.45) is 0.225. The molecule has 0 aliphatic carbocycles. The van der Waals surface area contributed by atoms with E-state index in [0.717, 1.165) is 0 Å². The molecule has 3 N–H and O–H groups in total. The third kappa shape index (κ3) is 3.92. The molecule has 0 saturated carbocycles. The zero-order chi connectivity index (χ0) is 25.0. The Bertz CT molecular complexity index is 1000. The van der Waals surface area contributed by atoms with Gasteiger partial charge in [-0.05, 0) is 22.2 Å². The van der Waals surface area contributed by atoms with Crippen molar-refractivity contribution in [1.82, 2.24) is 19.5 Å². The van der Waals surface area contributed by atoms with Crippen molar-refractivity contribution in [2.75, 3.05) is 12.3 Å². The lowest BCUT2D eigenvalue weighted by Gasteiger charge is -2.51. The number of rotatable bonds is 5. The number of aliphatic hydroxyl groups is 1. The first kappa shape index (κ1) is 25.7. The van der Waals surface area contributed by atoms with E-state index in [1.165, 1.54) is 6.33 Å². The van der Waals surface area contributed by atoms with Crippen LogP contribution < -0.4 is 5.73 Å². The number of nitrogens with zero attached hydrogens (tertiary/aromatic N) is 4. The Morgan fingerprint density at radius 1 is 0.971 bits per heavy atom. The predicted molar refractivity (Wildman–Crippen MR) is 133 cm³/mol. The highest BCUT2D eigenvalue weighted by Gasteiger charge is 2.61. The first-order valence-corrected chi connectivity index (χ1v) is 16.2. The molecule has 4 heterocycles. The number of hydrogen-bond donors (Lipinski definition) is 2. The molecule has 0 radical (unpaired) electrons. The lowest BCUT2D eigenvalue weighted by Crippen LogP contribution is -2.65. The molecule has 2 fully saturated rings. The summed E-state index contributed by atoms with van der Waals surface area (Å²) >= 11 is 0. The van der Waals surface area contributed by atoms with Crippen molar-refractivity contribution in [2.24, 2.45) is 0 Å². The number of aromatic nitrogens is 4. The van der Waals surface area contributed by atoms with Crippen LogP contribution in [0.5, 0.6) is 0 Å². The van der Waals surface area contributed by atoms with Crippen LogP contribution in [0.25, 0.3) is 11.2 Å². The summed E-state index contributed by atoms with van der Waals surface area (Å²) in [5.41, 5.74) is 7.73. The van der Waals surface area contributed by atoms with Crippen LogP contribution in [0, 0.1) is 0 Å². The molecular formula is C22H39N5O5Si2. The van der Waals surface area contributed by atoms with Gasteiger partial charge < -0.3 is 28.5 Å². The Hall–Kier alpha value is -1.42. The van der Waals surface area contributed by atoms with Gasteiger partial charge in [0.05, 0.1) is 12.9 Å². The molecule has 0 spiro atoms. The van der Waals surface area contributed by atoms with Gasteiger partial charge in [0.1, 0.15) is 30.2 Å². The van der Waals surface area contributed by atoms with Crippen LogP contribution in [0.3, 0.4) is 0 Å². The van der Waals surface area contributed by atoms with Crippen molar-refractivity contribution < 1.29 is 22.8 Å². The van der Waals surface area contributed by atoms with Gasteiger partial charge in [-0.15, -0.1) is 0 Å². The molecule has 0 unspecified atom stereocenters. The molecule has 4 atom stereocenters. The third-order valence-electron chi connectivity index (χ3n) is 7.30. The molecule has 12 heteroatoms. The Morgan fingerprint density at radius 3 is 2.18 bits per heavy atom. The van der Waals surface area contributed by atoms with E-state index >= 15 is 0 Å². The second kappa shape index (κ2) is 9.23. The van der Waals surface area contributed by atoms with E-state index in [-0.39, 0.29) is 28.0 Å². The Kier molecular flexibility index (Phi) is 6.97. The number of nitrogen functional groups attached to an aromatic ring is 1. The van der Waals surface area contributed by atoms with Crippen LogP contribution in [0.4, 0.5) is 5.82 Å². The summed E-state index contributed by atoms with van der Waals surface area (Å²) < 4.78 is 29.0. The number of hydrogen-bond acceptors (Lipinski definition) is 9. The first-order chi connectivity index (χ1) is 15.9. The monoisotopic (exact) mass is 509 g/mol. The van der Waals surface area contributed by atoms with Crippen molar-refractivity contribution in [3.05, 3.63) is 12.7 Å². The van der Waals surface area contributed by atoms with Crippen molar-refractivity contribution in [3.8, 4) is 0 Å². The van der Waals surface area contributed by atoms with Crippen molar-refractivity contribution in [2.45, 2.75) is 102 Å². The highest BCUT2D eigenvalue weighted by atomic mass is 28.5. The fraction of sp³-hybridized carbons (Fsp3) is 0.773. The van der Waals surface area contributed by atoms with E-state index in [2.05, 4.69) is 70.3 Å². The van der Waals surface area contributed by atoms with Crippen LogP contribution in [-0.2, 0) is 17.7 Å². The van der Waals surface area contributed by atoms with Crippen molar-refractivity contribution in [3.63, 3.8) is 0 Å². The van der Waals surface area contributed by atoms with Gasteiger partial charge in [0.15, 0.2) is 17.7 Å². The molecule has 0 bridgehead atoms. The summed E-state index contributed by atoms with van der Waals surface area (Å²) in [5, 5.41) is 11.5. The summed E-state index contributed by atoms with van der Waals surface area (Å²) in [4.78, 5) is 12.7. The molecule has 2 aliphatic heterocycles. The van der Waals surface area contributed by atoms with Crippen LogP contribution in [0.2, 0.25) is 22.2 Å². The van der Waals surface area contributed by atoms with Gasteiger partial charge in [-0.3, -0.25) is 4.57 Å². The molecule has 10 nitrogen and oxygen atoms in total. The number of fused-ring (bicyclic) bond motifs is 2. The quantitative estimate of drug-likeness (QED) is 0.581. The van der Waals surface area contributed by atoms with E-state index in [0.29, 0.717) is 17.8 Å². The second-order valence-electron chi connectivity index (χ2n) is 10.7. The SMILES string of the molecule is CC(C)[Si]1(C(C)C)OC[C@H]2O[C@@H](n3cnc4c(N)ncnc43)[C@@H](O)[C@H]2O[Si](C(C)C)(C(C)C)O1. The average Bonchev–Trinajstić information content (AvgIpc) is 3.29. The average molecular weight is 510 g/mol. The number of aliphatic hydroxyl groups excluding tert-OH is 1. The Labute approximate surface area is 203 Å². The lowest BCUT2D eigenvalue weighted by molar-refractivity contribution is -0.0570. The summed E-state index contributed by atoms with van der Waals surface area (Å²) in [6, 6.07) is 0. The van der Waals surface area contributed by atoms with Gasteiger partial charge in [-0.2, -0.15) is 0 Å². The molecule has 4 rings (SSSR count). The number of ether oxygens (including phenoxy) is 1. The Morgan fingerprint density at radius 2 is 1.59 bits per heavy atom. The van der Waals surface area contributed by atoms with Crippen LogP contribution in [0.15, 0.2) is 12.7 Å². The van der Waals surface area contributed by atoms with E-state index in [1.54, 1.807) is 10.9 Å². The highest BCUT2D eigenvalue weighted by molar-refractivity contribution is 6.83. The van der Waals surface area contributed by atoms with Crippen LogP contribution in [0.1, 0.15) is 61.6 Å². The Balaban J connectivity index is 1.77. The fourth-order valence-corrected chi connectivity index (χ4v) is 16.6. The summed E-state index contributed by atoms with van der Waals surface area (Å²) in [6.45, 7) is 17.7. The lowest BCUT2D eigenvalue weighted by atomic mass is 10.1. The fourth-order valence-electron chi connectivity index (χ4n) is 5.42. The highest BCUT2D eigenvalue weighted by Crippen LogP contribution is 2.48. The van der Waals surface area contributed by atoms with E-state index in [1.807, 2.05) is 0 Å². The molecule has 0 aromatic carbocycles. The maximum atomic E-state index is 11.5.